The summed E-state index contributed by atoms with van der Waals surface area (Å²) in [7, 11) is 0. The smallest absolute Gasteiger partial charge is 0.123 e. The fraction of sp³-hybridized carbons (Fsp3) is 0.312. The van der Waals surface area contributed by atoms with Gasteiger partial charge in [-0.05, 0) is 54.1 Å². The lowest BCUT2D eigenvalue weighted by Gasteiger charge is -2.34. The van der Waals surface area contributed by atoms with E-state index < -0.39 is 0 Å². The van der Waals surface area contributed by atoms with E-state index in [9.17, 15) is 4.39 Å². The Morgan fingerprint density at radius 1 is 1.48 bits per heavy atom. The number of benzene rings is 1. The van der Waals surface area contributed by atoms with E-state index in [2.05, 4.69) is 23.3 Å². The van der Waals surface area contributed by atoms with Crippen LogP contribution in [0, 0.1) is 5.82 Å². The van der Waals surface area contributed by atoms with Gasteiger partial charge in [-0.1, -0.05) is 12.2 Å². The molecule has 0 saturated heterocycles. The number of nitrogens with two attached hydrogens (primary N) is 1. The number of rotatable bonds is 3. The molecule has 1 unspecified atom stereocenters. The fourth-order valence-corrected chi connectivity index (χ4v) is 4.09. The molecule has 0 spiro atoms. The molecule has 21 heavy (non-hydrogen) atoms. The Morgan fingerprint density at radius 3 is 3.05 bits per heavy atom. The van der Waals surface area contributed by atoms with Crippen molar-refractivity contribution in [2.24, 2.45) is 5.73 Å². The van der Waals surface area contributed by atoms with Crippen LogP contribution in [-0.2, 0) is 13.0 Å². The third kappa shape index (κ3) is 2.86. The van der Waals surface area contributed by atoms with Crippen LogP contribution in [0.2, 0.25) is 0 Å². The van der Waals surface area contributed by atoms with Crippen molar-refractivity contribution in [1.29, 1.82) is 0 Å². The number of nitrogens with zero attached hydrogens (tertiary/aromatic N) is 1. The molecule has 3 rings (SSSR count). The highest BCUT2D eigenvalue weighted by Gasteiger charge is 2.25. The molecule has 0 fully saturated rings. The van der Waals surface area contributed by atoms with Crippen LogP contribution in [0.5, 0.6) is 0 Å². The van der Waals surface area contributed by atoms with Crippen LogP contribution in [-0.4, -0.2) is 16.4 Å². The molecule has 2 aromatic rings. The lowest BCUT2D eigenvalue weighted by molar-refractivity contribution is 0.191. The van der Waals surface area contributed by atoms with Gasteiger partial charge in [-0.2, -0.15) is 0 Å². The molecular weight excluding hydrogens is 303 g/mol. The lowest BCUT2D eigenvalue weighted by atomic mass is 9.99. The first-order chi connectivity index (χ1) is 10.1. The molecule has 5 heteroatoms. The number of thiophene rings is 1. The summed E-state index contributed by atoms with van der Waals surface area (Å²) < 4.78 is 13.6. The van der Waals surface area contributed by atoms with Crippen molar-refractivity contribution in [1.82, 2.24) is 4.90 Å². The number of hydrogen-bond donors (Lipinski definition) is 1. The fourth-order valence-electron chi connectivity index (χ4n) is 2.93. The summed E-state index contributed by atoms with van der Waals surface area (Å²) in [6.07, 6.45) is 1.05. The molecule has 1 atom stereocenters. The lowest BCUT2D eigenvalue weighted by Crippen LogP contribution is -2.33. The first-order valence-corrected chi connectivity index (χ1v) is 8.23. The van der Waals surface area contributed by atoms with Gasteiger partial charge in [0.25, 0.3) is 0 Å². The summed E-state index contributed by atoms with van der Waals surface area (Å²) >= 11 is 6.90. The molecule has 2 N–H and O–H groups in total. The number of halogens is 1. The minimum atomic E-state index is -0.245. The molecule has 1 aliphatic rings. The molecular formula is C16H17FN2S2. The van der Waals surface area contributed by atoms with Crippen LogP contribution in [0.1, 0.15) is 34.5 Å². The van der Waals surface area contributed by atoms with E-state index in [0.29, 0.717) is 17.6 Å². The minimum absolute atomic E-state index is 0.245. The van der Waals surface area contributed by atoms with E-state index in [4.69, 9.17) is 18.0 Å². The highest BCUT2D eigenvalue weighted by atomic mass is 32.1. The Labute approximate surface area is 133 Å². The van der Waals surface area contributed by atoms with Gasteiger partial charge in [0.05, 0.1) is 0 Å². The van der Waals surface area contributed by atoms with Crippen molar-refractivity contribution in [3.05, 3.63) is 57.0 Å². The molecule has 0 aliphatic carbocycles. The Kier molecular flexibility index (Phi) is 4.06. The summed E-state index contributed by atoms with van der Waals surface area (Å²) in [6.45, 7) is 3.84. The summed E-state index contributed by atoms with van der Waals surface area (Å²) in [5.74, 6) is -0.245. The molecule has 2 nitrogen and oxygen atoms in total. The molecule has 2 heterocycles. The van der Waals surface area contributed by atoms with Crippen molar-refractivity contribution in [3.63, 3.8) is 0 Å². The number of fused-ring (bicyclic) bond motifs is 1. The van der Waals surface area contributed by atoms with Gasteiger partial charge in [0, 0.05) is 29.6 Å². The van der Waals surface area contributed by atoms with Crippen LogP contribution in [0.25, 0.3) is 0 Å². The maximum Gasteiger partial charge on any atom is 0.123 e. The maximum atomic E-state index is 13.6. The Bertz CT molecular complexity index is 681. The standard InChI is InChI=1S/C16H17FN2S2/c1-10-13-5-7-21-15(13)4-6-19(10)9-11-8-12(17)2-3-14(11)16(18)20/h2-3,5,7-8,10H,4,6,9H2,1H3,(H2,18,20). The third-order valence-corrected chi connectivity index (χ3v) is 5.33. The van der Waals surface area contributed by atoms with Gasteiger partial charge in [-0.3, -0.25) is 4.90 Å². The monoisotopic (exact) mass is 320 g/mol. The van der Waals surface area contributed by atoms with Crippen LogP contribution in [0.3, 0.4) is 0 Å². The second-order valence-corrected chi connectivity index (χ2v) is 6.80. The number of hydrogen-bond acceptors (Lipinski definition) is 3. The van der Waals surface area contributed by atoms with E-state index >= 15 is 0 Å². The average Bonchev–Trinajstić information content (AvgIpc) is 2.91. The summed E-state index contributed by atoms with van der Waals surface area (Å²) in [5, 5.41) is 2.15. The van der Waals surface area contributed by atoms with E-state index in [1.54, 1.807) is 12.1 Å². The van der Waals surface area contributed by atoms with Crippen LogP contribution in [0.4, 0.5) is 4.39 Å². The second-order valence-electron chi connectivity index (χ2n) is 5.36. The molecule has 1 aromatic heterocycles. The largest absolute Gasteiger partial charge is 0.389 e. The SMILES string of the molecule is CC1c2ccsc2CCN1Cc1cc(F)ccc1C(N)=S. The summed E-state index contributed by atoms with van der Waals surface area (Å²) in [5.41, 5.74) is 8.79. The molecule has 0 saturated carbocycles. The quantitative estimate of drug-likeness (QED) is 0.876. The van der Waals surface area contributed by atoms with Gasteiger partial charge in [-0.15, -0.1) is 11.3 Å². The molecule has 0 amide bonds. The highest BCUT2D eigenvalue weighted by molar-refractivity contribution is 7.80. The molecule has 110 valence electrons. The van der Waals surface area contributed by atoms with E-state index in [1.807, 2.05) is 11.3 Å². The van der Waals surface area contributed by atoms with Crippen LogP contribution < -0.4 is 5.73 Å². The summed E-state index contributed by atoms with van der Waals surface area (Å²) in [4.78, 5) is 4.14. The van der Waals surface area contributed by atoms with Crippen LogP contribution >= 0.6 is 23.6 Å². The minimum Gasteiger partial charge on any atom is -0.389 e. The van der Waals surface area contributed by atoms with Crippen LogP contribution in [0.15, 0.2) is 29.6 Å². The van der Waals surface area contributed by atoms with Crippen molar-refractivity contribution in [2.75, 3.05) is 6.54 Å². The number of thiocarbonyl (C=S) groups is 1. The van der Waals surface area contributed by atoms with Gasteiger partial charge in [0.1, 0.15) is 10.8 Å². The molecule has 1 aliphatic heterocycles. The molecule has 1 aromatic carbocycles. The Balaban J connectivity index is 1.88. The maximum absolute atomic E-state index is 13.6. The second kappa shape index (κ2) is 5.83. The summed E-state index contributed by atoms with van der Waals surface area (Å²) in [6, 6.07) is 7.16. The normalized spacial score (nSPS) is 18.5. The highest BCUT2D eigenvalue weighted by Crippen LogP contribution is 2.34. The van der Waals surface area contributed by atoms with Crippen molar-refractivity contribution >= 4 is 28.5 Å². The van der Waals surface area contributed by atoms with Crippen molar-refractivity contribution in [2.45, 2.75) is 25.9 Å². The van der Waals surface area contributed by atoms with E-state index in [0.717, 1.165) is 24.1 Å². The van der Waals surface area contributed by atoms with Crippen molar-refractivity contribution in [3.8, 4) is 0 Å². The zero-order valence-electron chi connectivity index (χ0n) is 11.8. The van der Waals surface area contributed by atoms with E-state index in [-0.39, 0.29) is 5.82 Å². The van der Waals surface area contributed by atoms with Gasteiger partial charge in [0.2, 0.25) is 0 Å². The van der Waals surface area contributed by atoms with Gasteiger partial charge in [0.15, 0.2) is 0 Å². The predicted octanol–water partition coefficient (Wildman–Crippen LogP) is 3.64. The van der Waals surface area contributed by atoms with Gasteiger partial charge in [-0.25, -0.2) is 4.39 Å². The molecule has 0 radical (unpaired) electrons. The zero-order chi connectivity index (χ0) is 15.0. The van der Waals surface area contributed by atoms with E-state index in [1.165, 1.54) is 16.5 Å². The van der Waals surface area contributed by atoms with Gasteiger partial charge < -0.3 is 5.73 Å². The molecule has 0 bridgehead atoms. The first kappa shape index (κ1) is 14.6. The van der Waals surface area contributed by atoms with Gasteiger partial charge >= 0.3 is 0 Å². The first-order valence-electron chi connectivity index (χ1n) is 6.95. The average molecular weight is 320 g/mol. The third-order valence-electron chi connectivity index (χ3n) is 4.11. The van der Waals surface area contributed by atoms with Crippen molar-refractivity contribution < 1.29 is 4.39 Å². The zero-order valence-corrected chi connectivity index (χ0v) is 13.4. The topological polar surface area (TPSA) is 29.3 Å². The Hall–Kier alpha value is -1.30. The predicted molar refractivity (Wildman–Crippen MR) is 89.1 cm³/mol. The Morgan fingerprint density at radius 2 is 2.29 bits per heavy atom.